The number of benzene rings is 1. The molecular weight excluding hydrogens is 267 g/mol. The minimum Gasteiger partial charge on any atom is -0.349 e. The fourth-order valence-electron chi connectivity index (χ4n) is 3.22. The van der Waals surface area contributed by atoms with E-state index in [1.165, 1.54) is 0 Å². The zero-order valence-electron chi connectivity index (χ0n) is 12.8. The van der Waals surface area contributed by atoms with Gasteiger partial charge in [0, 0.05) is 18.5 Å². The minimum atomic E-state index is -0.215. The highest BCUT2D eigenvalue weighted by molar-refractivity contribution is 6.03. The van der Waals surface area contributed by atoms with Crippen molar-refractivity contribution >= 4 is 16.8 Å². The van der Waals surface area contributed by atoms with Crippen molar-refractivity contribution in [3.05, 3.63) is 34.8 Å². The van der Waals surface area contributed by atoms with E-state index < -0.39 is 0 Å². The second-order valence-electron chi connectivity index (χ2n) is 6.27. The molecule has 0 aliphatic carbocycles. The van der Waals surface area contributed by atoms with Gasteiger partial charge in [-0.25, -0.2) is 4.39 Å². The molecule has 0 spiro atoms. The molecule has 3 rings (SSSR count). The number of fused-ring (bicyclic) bond motifs is 3. The van der Waals surface area contributed by atoms with Crippen molar-refractivity contribution in [1.29, 1.82) is 0 Å². The van der Waals surface area contributed by atoms with Gasteiger partial charge in [0.2, 0.25) is 0 Å². The Morgan fingerprint density at radius 2 is 2.14 bits per heavy atom. The normalized spacial score (nSPS) is 14.6. The van der Waals surface area contributed by atoms with E-state index in [2.05, 4.69) is 23.7 Å². The Kier molecular flexibility index (Phi) is 3.47. The first kappa shape index (κ1) is 14.1. The monoisotopic (exact) mass is 288 g/mol. The standard InChI is InChI=1S/C17H21FN2O/c1-10(2)4-5-12-8-13(18)9-14-11(3)15-17(21)19-6-7-20(15)16(12)14/h8-10H,4-7H2,1-3H3,(H,19,21). The Morgan fingerprint density at radius 3 is 2.86 bits per heavy atom. The molecule has 0 saturated heterocycles. The molecule has 0 unspecified atom stereocenters. The van der Waals surface area contributed by atoms with E-state index in [4.69, 9.17) is 0 Å². The molecule has 1 N–H and O–H groups in total. The highest BCUT2D eigenvalue weighted by Gasteiger charge is 2.25. The summed E-state index contributed by atoms with van der Waals surface area (Å²) in [6.45, 7) is 7.64. The molecule has 0 atom stereocenters. The van der Waals surface area contributed by atoms with E-state index in [0.29, 0.717) is 18.2 Å². The number of halogens is 1. The van der Waals surface area contributed by atoms with E-state index in [1.54, 1.807) is 12.1 Å². The molecule has 2 heterocycles. The molecular formula is C17H21FN2O. The number of rotatable bonds is 3. The summed E-state index contributed by atoms with van der Waals surface area (Å²) < 4.78 is 16.0. The third-order valence-electron chi connectivity index (χ3n) is 4.28. The number of hydrogen-bond donors (Lipinski definition) is 1. The molecule has 0 bridgehead atoms. The van der Waals surface area contributed by atoms with Gasteiger partial charge in [-0.05, 0) is 48.9 Å². The van der Waals surface area contributed by atoms with Gasteiger partial charge >= 0.3 is 0 Å². The zero-order chi connectivity index (χ0) is 15.1. The highest BCUT2D eigenvalue weighted by Crippen LogP contribution is 2.31. The maximum absolute atomic E-state index is 14.0. The molecule has 1 aliphatic rings. The molecule has 1 aromatic heterocycles. The summed E-state index contributed by atoms with van der Waals surface area (Å²) in [5.41, 5.74) is 3.63. The van der Waals surface area contributed by atoms with Crippen LogP contribution in [0.15, 0.2) is 12.1 Å². The van der Waals surface area contributed by atoms with E-state index in [1.807, 2.05) is 6.92 Å². The summed E-state index contributed by atoms with van der Waals surface area (Å²) in [5.74, 6) is 0.307. The average Bonchev–Trinajstić information content (AvgIpc) is 2.71. The van der Waals surface area contributed by atoms with Gasteiger partial charge in [-0.15, -0.1) is 0 Å². The summed E-state index contributed by atoms with van der Waals surface area (Å²) in [6.07, 6.45) is 1.86. The van der Waals surface area contributed by atoms with Crippen molar-refractivity contribution in [1.82, 2.24) is 9.88 Å². The number of aromatic nitrogens is 1. The number of aryl methyl sites for hydroxylation is 2. The molecule has 4 heteroatoms. The number of hydrogen-bond acceptors (Lipinski definition) is 1. The van der Waals surface area contributed by atoms with Crippen molar-refractivity contribution in [3.8, 4) is 0 Å². The van der Waals surface area contributed by atoms with Crippen LogP contribution >= 0.6 is 0 Å². The van der Waals surface area contributed by atoms with Crippen LogP contribution in [0.1, 0.15) is 41.9 Å². The summed E-state index contributed by atoms with van der Waals surface area (Å²) in [5, 5.41) is 3.75. The molecule has 112 valence electrons. The van der Waals surface area contributed by atoms with Crippen LogP contribution in [0.5, 0.6) is 0 Å². The van der Waals surface area contributed by atoms with E-state index >= 15 is 0 Å². The first-order valence-electron chi connectivity index (χ1n) is 7.58. The van der Waals surface area contributed by atoms with Gasteiger partial charge < -0.3 is 9.88 Å². The Labute approximate surface area is 124 Å². The highest BCUT2D eigenvalue weighted by atomic mass is 19.1. The summed E-state index contributed by atoms with van der Waals surface area (Å²) >= 11 is 0. The number of amides is 1. The summed E-state index contributed by atoms with van der Waals surface area (Å²) in [4.78, 5) is 12.1. The lowest BCUT2D eigenvalue weighted by Gasteiger charge is -2.18. The third kappa shape index (κ3) is 2.33. The maximum atomic E-state index is 14.0. The number of nitrogens with one attached hydrogen (secondary N) is 1. The van der Waals surface area contributed by atoms with Gasteiger partial charge in [-0.1, -0.05) is 13.8 Å². The molecule has 1 aromatic carbocycles. The fraction of sp³-hybridized carbons (Fsp3) is 0.471. The molecule has 21 heavy (non-hydrogen) atoms. The van der Waals surface area contributed by atoms with Crippen molar-refractivity contribution in [2.45, 2.75) is 40.2 Å². The maximum Gasteiger partial charge on any atom is 0.268 e. The third-order valence-corrected chi connectivity index (χ3v) is 4.28. The van der Waals surface area contributed by atoms with Gasteiger partial charge in [0.1, 0.15) is 11.5 Å². The second kappa shape index (κ2) is 5.17. The second-order valence-corrected chi connectivity index (χ2v) is 6.27. The Bertz CT molecular complexity index is 715. The topological polar surface area (TPSA) is 34.0 Å². The van der Waals surface area contributed by atoms with Gasteiger partial charge in [0.25, 0.3) is 5.91 Å². The lowest BCUT2D eigenvalue weighted by atomic mass is 10.00. The van der Waals surface area contributed by atoms with Crippen LogP contribution in [0.3, 0.4) is 0 Å². The van der Waals surface area contributed by atoms with Crippen molar-refractivity contribution in [2.24, 2.45) is 5.92 Å². The van der Waals surface area contributed by atoms with Crippen LogP contribution < -0.4 is 5.32 Å². The number of carbonyl (C=O) groups is 1. The predicted octanol–water partition coefficient (Wildman–Crippen LogP) is 3.42. The van der Waals surface area contributed by atoms with Gasteiger partial charge in [-0.2, -0.15) is 0 Å². The van der Waals surface area contributed by atoms with E-state index in [-0.39, 0.29) is 11.7 Å². The van der Waals surface area contributed by atoms with Crippen LogP contribution in [-0.2, 0) is 13.0 Å². The first-order valence-corrected chi connectivity index (χ1v) is 7.58. The lowest BCUT2D eigenvalue weighted by molar-refractivity contribution is 0.0928. The quantitative estimate of drug-likeness (QED) is 0.922. The van der Waals surface area contributed by atoms with Crippen LogP contribution in [-0.4, -0.2) is 17.0 Å². The number of carbonyl (C=O) groups excluding carboxylic acids is 1. The van der Waals surface area contributed by atoms with Crippen LogP contribution in [0.2, 0.25) is 0 Å². The Balaban J connectivity index is 2.23. The largest absolute Gasteiger partial charge is 0.349 e. The summed E-state index contributed by atoms with van der Waals surface area (Å²) in [6, 6.07) is 3.19. The molecule has 1 amide bonds. The molecule has 2 aromatic rings. The Hall–Kier alpha value is -1.84. The van der Waals surface area contributed by atoms with Gasteiger partial charge in [-0.3, -0.25) is 4.79 Å². The lowest BCUT2D eigenvalue weighted by Crippen LogP contribution is -2.35. The Morgan fingerprint density at radius 1 is 1.38 bits per heavy atom. The zero-order valence-corrected chi connectivity index (χ0v) is 12.8. The molecule has 0 fully saturated rings. The first-order chi connectivity index (χ1) is 9.99. The van der Waals surface area contributed by atoms with Crippen LogP contribution in [0, 0.1) is 18.7 Å². The fourth-order valence-corrected chi connectivity index (χ4v) is 3.22. The SMILES string of the molecule is Cc1c2n(c3c(CCC(C)C)cc(F)cc13)CCNC2=O. The van der Waals surface area contributed by atoms with Crippen molar-refractivity contribution in [3.63, 3.8) is 0 Å². The van der Waals surface area contributed by atoms with Crippen molar-refractivity contribution < 1.29 is 9.18 Å². The predicted molar refractivity (Wildman–Crippen MR) is 82.1 cm³/mol. The molecule has 0 saturated carbocycles. The van der Waals surface area contributed by atoms with Crippen molar-refractivity contribution in [2.75, 3.05) is 6.54 Å². The van der Waals surface area contributed by atoms with E-state index in [9.17, 15) is 9.18 Å². The molecule has 0 radical (unpaired) electrons. The van der Waals surface area contributed by atoms with Gasteiger partial charge in [0.05, 0.1) is 5.52 Å². The van der Waals surface area contributed by atoms with Crippen LogP contribution in [0.25, 0.3) is 10.9 Å². The van der Waals surface area contributed by atoms with Crippen LogP contribution in [0.4, 0.5) is 4.39 Å². The smallest absolute Gasteiger partial charge is 0.268 e. The molecule has 1 aliphatic heterocycles. The molecule has 3 nitrogen and oxygen atoms in total. The van der Waals surface area contributed by atoms with Gasteiger partial charge in [0.15, 0.2) is 0 Å². The van der Waals surface area contributed by atoms with E-state index in [0.717, 1.165) is 41.4 Å². The number of nitrogens with zero attached hydrogens (tertiary/aromatic N) is 1. The minimum absolute atomic E-state index is 0.0508. The summed E-state index contributed by atoms with van der Waals surface area (Å²) in [7, 11) is 0. The average molecular weight is 288 g/mol.